The molecular formula is C25H22ClNO2. The fraction of sp³-hybridized carbons (Fsp3) is 0.120. The minimum Gasteiger partial charge on any atom is -0.497 e. The summed E-state index contributed by atoms with van der Waals surface area (Å²) >= 11 is 6.10. The fourth-order valence-electron chi connectivity index (χ4n) is 3.32. The largest absolute Gasteiger partial charge is 0.497 e. The molecule has 0 saturated carbocycles. The lowest BCUT2D eigenvalue weighted by Gasteiger charge is -2.16. The maximum Gasteiger partial charge on any atom is 0.125 e. The van der Waals surface area contributed by atoms with E-state index in [-0.39, 0.29) is 0 Å². The predicted octanol–water partition coefficient (Wildman–Crippen LogP) is 6.69. The highest BCUT2D eigenvalue weighted by Gasteiger charge is 2.10. The number of nitrogens with one attached hydrogen (secondary N) is 1. The quantitative estimate of drug-likeness (QED) is 0.372. The maximum absolute atomic E-state index is 6.19. The zero-order valence-corrected chi connectivity index (χ0v) is 16.9. The maximum atomic E-state index is 6.19. The van der Waals surface area contributed by atoms with Crippen LogP contribution in [0.3, 0.4) is 0 Å². The van der Waals surface area contributed by atoms with Gasteiger partial charge in [-0.1, -0.05) is 54.1 Å². The van der Waals surface area contributed by atoms with Gasteiger partial charge in [-0.25, -0.2) is 0 Å². The Balaban J connectivity index is 1.59. The standard InChI is InChI=1S/C25H22ClNO2/c1-28-22-12-10-21(11-13-22)27-16-24-23-8-3-2-6-19(23)9-14-25(24)29-17-18-5-4-7-20(26)15-18/h2-15,27H,16-17H2,1H3. The first-order valence-corrected chi connectivity index (χ1v) is 9.86. The van der Waals surface area contributed by atoms with Gasteiger partial charge in [0.05, 0.1) is 7.11 Å². The average Bonchev–Trinajstić information content (AvgIpc) is 2.77. The summed E-state index contributed by atoms with van der Waals surface area (Å²) in [7, 11) is 1.67. The Hall–Kier alpha value is -3.17. The third kappa shape index (κ3) is 4.64. The van der Waals surface area contributed by atoms with Crippen LogP contribution in [0.5, 0.6) is 11.5 Å². The molecule has 29 heavy (non-hydrogen) atoms. The monoisotopic (exact) mass is 403 g/mol. The van der Waals surface area contributed by atoms with Crippen LogP contribution in [-0.2, 0) is 13.2 Å². The molecule has 4 rings (SSSR count). The van der Waals surface area contributed by atoms with Crippen molar-refractivity contribution in [1.29, 1.82) is 0 Å². The molecule has 146 valence electrons. The first-order chi connectivity index (χ1) is 14.2. The van der Waals surface area contributed by atoms with Gasteiger partial charge in [-0.05, 0) is 58.8 Å². The highest BCUT2D eigenvalue weighted by atomic mass is 35.5. The van der Waals surface area contributed by atoms with Crippen LogP contribution in [0.4, 0.5) is 5.69 Å². The number of ether oxygens (including phenoxy) is 2. The van der Waals surface area contributed by atoms with Gasteiger partial charge in [-0.15, -0.1) is 0 Å². The summed E-state index contributed by atoms with van der Waals surface area (Å²) < 4.78 is 11.4. The molecule has 0 aliphatic carbocycles. The Bertz CT molecular complexity index is 1110. The Morgan fingerprint density at radius 3 is 2.48 bits per heavy atom. The summed E-state index contributed by atoms with van der Waals surface area (Å²) in [6.45, 7) is 1.12. The molecule has 0 saturated heterocycles. The molecule has 1 N–H and O–H groups in total. The minimum atomic E-state index is 0.467. The van der Waals surface area contributed by atoms with E-state index in [2.05, 4.69) is 35.6 Å². The van der Waals surface area contributed by atoms with Gasteiger partial charge in [0.15, 0.2) is 0 Å². The minimum absolute atomic E-state index is 0.467. The van der Waals surface area contributed by atoms with Gasteiger partial charge >= 0.3 is 0 Å². The van der Waals surface area contributed by atoms with Gasteiger partial charge in [0.2, 0.25) is 0 Å². The van der Waals surface area contributed by atoms with Gasteiger partial charge < -0.3 is 14.8 Å². The van der Waals surface area contributed by atoms with Crippen LogP contribution in [0, 0.1) is 0 Å². The van der Waals surface area contributed by atoms with E-state index in [4.69, 9.17) is 21.1 Å². The molecule has 0 unspecified atom stereocenters. The van der Waals surface area contributed by atoms with Crippen molar-refractivity contribution in [3.05, 3.63) is 101 Å². The molecule has 3 nitrogen and oxygen atoms in total. The smallest absolute Gasteiger partial charge is 0.125 e. The highest BCUT2D eigenvalue weighted by molar-refractivity contribution is 6.30. The molecule has 0 fully saturated rings. The van der Waals surface area contributed by atoms with E-state index in [1.165, 1.54) is 10.8 Å². The van der Waals surface area contributed by atoms with Crippen molar-refractivity contribution in [2.45, 2.75) is 13.2 Å². The fourth-order valence-corrected chi connectivity index (χ4v) is 3.53. The van der Waals surface area contributed by atoms with Crippen LogP contribution in [0.2, 0.25) is 5.02 Å². The molecule has 0 aromatic heterocycles. The molecular weight excluding hydrogens is 382 g/mol. The second kappa shape index (κ2) is 8.89. The summed E-state index contributed by atoms with van der Waals surface area (Å²) in [4.78, 5) is 0. The summed E-state index contributed by atoms with van der Waals surface area (Å²) in [5.74, 6) is 1.70. The van der Waals surface area contributed by atoms with E-state index in [0.29, 0.717) is 18.2 Å². The summed E-state index contributed by atoms with van der Waals surface area (Å²) in [6, 6.07) is 28.2. The lowest BCUT2D eigenvalue weighted by molar-refractivity contribution is 0.304. The van der Waals surface area contributed by atoms with Gasteiger partial charge in [0.1, 0.15) is 18.1 Å². The average molecular weight is 404 g/mol. The van der Waals surface area contributed by atoms with Gasteiger partial charge in [-0.3, -0.25) is 0 Å². The van der Waals surface area contributed by atoms with Crippen LogP contribution in [0.25, 0.3) is 10.8 Å². The van der Waals surface area contributed by atoms with E-state index in [1.807, 2.05) is 54.6 Å². The second-order valence-electron chi connectivity index (χ2n) is 6.76. The van der Waals surface area contributed by atoms with E-state index in [9.17, 15) is 0 Å². The van der Waals surface area contributed by atoms with Crippen LogP contribution < -0.4 is 14.8 Å². The van der Waals surface area contributed by atoms with Crippen LogP contribution in [0.15, 0.2) is 84.9 Å². The molecule has 0 aliphatic heterocycles. The van der Waals surface area contributed by atoms with Gasteiger partial charge in [-0.2, -0.15) is 0 Å². The molecule has 0 amide bonds. The zero-order chi connectivity index (χ0) is 20.1. The van der Waals surface area contributed by atoms with E-state index < -0.39 is 0 Å². The molecule has 0 bridgehead atoms. The van der Waals surface area contributed by atoms with Crippen LogP contribution in [0.1, 0.15) is 11.1 Å². The first-order valence-electron chi connectivity index (χ1n) is 9.49. The number of rotatable bonds is 7. The predicted molar refractivity (Wildman–Crippen MR) is 120 cm³/mol. The SMILES string of the molecule is COc1ccc(NCc2c(OCc3cccc(Cl)c3)ccc3ccccc23)cc1. The molecule has 0 aliphatic rings. The molecule has 0 atom stereocenters. The Labute approximate surface area is 175 Å². The number of hydrogen-bond donors (Lipinski definition) is 1. The Kier molecular flexibility index (Phi) is 5.87. The van der Waals surface area contributed by atoms with E-state index >= 15 is 0 Å². The van der Waals surface area contributed by atoms with Crippen molar-refractivity contribution >= 4 is 28.1 Å². The number of benzene rings is 4. The van der Waals surface area contributed by atoms with Gasteiger partial charge in [0.25, 0.3) is 0 Å². The van der Waals surface area contributed by atoms with E-state index in [1.54, 1.807) is 7.11 Å². The van der Waals surface area contributed by atoms with Crippen molar-refractivity contribution in [1.82, 2.24) is 0 Å². The van der Waals surface area contributed by atoms with Crippen molar-refractivity contribution < 1.29 is 9.47 Å². The molecule has 4 aromatic rings. The number of hydrogen-bond acceptors (Lipinski definition) is 3. The topological polar surface area (TPSA) is 30.5 Å². The number of halogens is 1. The zero-order valence-electron chi connectivity index (χ0n) is 16.2. The van der Waals surface area contributed by atoms with Crippen molar-refractivity contribution in [3.8, 4) is 11.5 Å². The Morgan fingerprint density at radius 1 is 0.862 bits per heavy atom. The first kappa shape index (κ1) is 19.2. The lowest BCUT2D eigenvalue weighted by Crippen LogP contribution is -2.04. The Morgan fingerprint density at radius 2 is 1.69 bits per heavy atom. The summed E-state index contributed by atoms with van der Waals surface area (Å²) in [5, 5.41) is 6.58. The van der Waals surface area contributed by atoms with Crippen LogP contribution in [-0.4, -0.2) is 7.11 Å². The third-order valence-corrected chi connectivity index (χ3v) is 5.08. The molecule has 0 radical (unpaired) electrons. The van der Waals surface area contributed by atoms with E-state index in [0.717, 1.165) is 28.3 Å². The summed E-state index contributed by atoms with van der Waals surface area (Å²) in [6.07, 6.45) is 0. The molecule has 4 heteroatoms. The van der Waals surface area contributed by atoms with Crippen LogP contribution >= 0.6 is 11.6 Å². The van der Waals surface area contributed by atoms with Gasteiger partial charge in [0, 0.05) is 22.8 Å². The highest BCUT2D eigenvalue weighted by Crippen LogP contribution is 2.30. The molecule has 0 spiro atoms. The lowest BCUT2D eigenvalue weighted by atomic mass is 10.0. The van der Waals surface area contributed by atoms with Crippen molar-refractivity contribution in [2.24, 2.45) is 0 Å². The normalized spacial score (nSPS) is 10.7. The molecule has 4 aromatic carbocycles. The number of fused-ring (bicyclic) bond motifs is 1. The van der Waals surface area contributed by atoms with Crippen molar-refractivity contribution in [2.75, 3.05) is 12.4 Å². The third-order valence-electron chi connectivity index (χ3n) is 4.84. The molecule has 0 heterocycles. The number of methoxy groups -OCH3 is 1. The second-order valence-corrected chi connectivity index (χ2v) is 7.20. The van der Waals surface area contributed by atoms with Crippen molar-refractivity contribution in [3.63, 3.8) is 0 Å². The number of anilines is 1. The summed E-state index contributed by atoms with van der Waals surface area (Å²) in [5.41, 5.74) is 3.19.